The summed E-state index contributed by atoms with van der Waals surface area (Å²) in [6.45, 7) is 5.21. The fourth-order valence-electron chi connectivity index (χ4n) is 2.29. The minimum atomic E-state index is -0.685. The monoisotopic (exact) mass is 420 g/mol. The average Bonchev–Trinajstić information content (AvgIpc) is 2.63. The first-order valence-corrected chi connectivity index (χ1v) is 10.0. The third-order valence-corrected chi connectivity index (χ3v) is 4.56. The molecule has 2 aromatic rings. The fourth-order valence-corrected chi connectivity index (χ4v) is 3.14. The first kappa shape index (κ1) is 22.5. The number of anilines is 2. The Morgan fingerprint density at radius 2 is 1.72 bits per heavy atom. The van der Waals surface area contributed by atoms with E-state index < -0.39 is 17.5 Å². The van der Waals surface area contributed by atoms with E-state index in [1.807, 2.05) is 24.3 Å². The van der Waals surface area contributed by atoms with Crippen molar-refractivity contribution >= 4 is 35.1 Å². The number of thioether (sulfide) groups is 1. The van der Waals surface area contributed by atoms with Gasteiger partial charge in [0.1, 0.15) is 17.2 Å². The maximum absolute atomic E-state index is 13.6. The van der Waals surface area contributed by atoms with E-state index in [1.54, 1.807) is 27.9 Å². The first-order chi connectivity index (χ1) is 13.7. The standard InChI is InChI=1S/C21H25FN2O4S/c1-21(2,3)28-20(26)24-17-10-5-14(22)13-18(17)23-19(25)11-12-29-16-8-6-15(27-4)7-9-16/h5-10,13H,11-12H2,1-4H3,(H,23,25)(H,24,26). The van der Waals surface area contributed by atoms with E-state index in [2.05, 4.69) is 10.6 Å². The molecule has 0 aliphatic heterocycles. The van der Waals surface area contributed by atoms with Crippen LogP contribution in [0.5, 0.6) is 5.75 Å². The molecule has 0 atom stereocenters. The van der Waals surface area contributed by atoms with Gasteiger partial charge < -0.3 is 14.8 Å². The van der Waals surface area contributed by atoms with E-state index in [0.717, 1.165) is 16.7 Å². The van der Waals surface area contributed by atoms with Crippen molar-refractivity contribution < 1.29 is 23.5 Å². The number of nitrogens with one attached hydrogen (secondary N) is 2. The van der Waals surface area contributed by atoms with Crippen LogP contribution >= 0.6 is 11.8 Å². The van der Waals surface area contributed by atoms with Gasteiger partial charge in [-0.15, -0.1) is 11.8 Å². The molecule has 0 unspecified atom stereocenters. The third-order valence-electron chi connectivity index (χ3n) is 3.55. The highest BCUT2D eigenvalue weighted by molar-refractivity contribution is 7.99. The van der Waals surface area contributed by atoms with Crippen LogP contribution in [0.15, 0.2) is 47.4 Å². The normalized spacial score (nSPS) is 10.9. The van der Waals surface area contributed by atoms with Crippen molar-refractivity contribution in [1.82, 2.24) is 0 Å². The Morgan fingerprint density at radius 3 is 2.34 bits per heavy atom. The summed E-state index contributed by atoms with van der Waals surface area (Å²) >= 11 is 1.52. The summed E-state index contributed by atoms with van der Waals surface area (Å²) < 4.78 is 23.9. The Labute approximate surface area is 174 Å². The maximum atomic E-state index is 13.6. The molecule has 2 amide bonds. The zero-order valence-corrected chi connectivity index (χ0v) is 17.7. The Bertz CT molecular complexity index is 851. The summed E-state index contributed by atoms with van der Waals surface area (Å²) in [7, 11) is 1.60. The largest absolute Gasteiger partial charge is 0.497 e. The third kappa shape index (κ3) is 8.03. The summed E-state index contributed by atoms with van der Waals surface area (Å²) in [5, 5.41) is 5.17. The van der Waals surface area contributed by atoms with Gasteiger partial charge in [-0.3, -0.25) is 10.1 Å². The zero-order valence-electron chi connectivity index (χ0n) is 16.9. The quantitative estimate of drug-likeness (QED) is 0.594. The van der Waals surface area contributed by atoms with Gasteiger partial charge in [-0.25, -0.2) is 9.18 Å². The van der Waals surface area contributed by atoms with E-state index in [9.17, 15) is 14.0 Å². The van der Waals surface area contributed by atoms with Gasteiger partial charge in [0.25, 0.3) is 0 Å². The number of carbonyl (C=O) groups is 2. The van der Waals surface area contributed by atoms with Crippen LogP contribution in [0.1, 0.15) is 27.2 Å². The van der Waals surface area contributed by atoms with Crippen LogP contribution in [-0.4, -0.2) is 30.5 Å². The first-order valence-electron chi connectivity index (χ1n) is 9.02. The van der Waals surface area contributed by atoms with Crippen LogP contribution in [0.3, 0.4) is 0 Å². The van der Waals surface area contributed by atoms with Gasteiger partial charge in [-0.1, -0.05) is 0 Å². The van der Waals surface area contributed by atoms with Gasteiger partial charge in [0.15, 0.2) is 0 Å². The van der Waals surface area contributed by atoms with Crippen molar-refractivity contribution in [3.05, 3.63) is 48.3 Å². The van der Waals surface area contributed by atoms with Gasteiger partial charge in [-0.05, 0) is 63.2 Å². The number of halogens is 1. The number of hydrogen-bond acceptors (Lipinski definition) is 5. The highest BCUT2D eigenvalue weighted by Gasteiger charge is 2.18. The summed E-state index contributed by atoms with van der Waals surface area (Å²) in [6.07, 6.45) is -0.464. The van der Waals surface area contributed by atoms with Crippen LogP contribution in [0, 0.1) is 5.82 Å². The summed E-state index contributed by atoms with van der Waals surface area (Å²) in [6, 6.07) is 11.3. The highest BCUT2D eigenvalue weighted by atomic mass is 32.2. The molecule has 0 spiro atoms. The topological polar surface area (TPSA) is 76.7 Å². The zero-order chi connectivity index (χ0) is 21.4. The molecule has 0 aliphatic rings. The van der Waals surface area contributed by atoms with E-state index in [4.69, 9.17) is 9.47 Å². The Kier molecular flexibility index (Phi) is 7.90. The van der Waals surface area contributed by atoms with Crippen molar-refractivity contribution in [2.45, 2.75) is 37.7 Å². The lowest BCUT2D eigenvalue weighted by Gasteiger charge is -2.20. The van der Waals surface area contributed by atoms with Gasteiger partial charge in [0.05, 0.1) is 18.5 Å². The number of benzene rings is 2. The highest BCUT2D eigenvalue weighted by Crippen LogP contribution is 2.25. The minimum absolute atomic E-state index is 0.176. The van der Waals surface area contributed by atoms with Crippen LogP contribution in [0.2, 0.25) is 0 Å². The molecular weight excluding hydrogens is 395 g/mol. The van der Waals surface area contributed by atoms with Gasteiger partial charge in [0, 0.05) is 17.1 Å². The van der Waals surface area contributed by atoms with E-state index in [0.29, 0.717) is 5.75 Å². The molecule has 0 heterocycles. The number of methoxy groups -OCH3 is 1. The van der Waals surface area contributed by atoms with Gasteiger partial charge in [-0.2, -0.15) is 0 Å². The second-order valence-corrected chi connectivity index (χ2v) is 8.31. The average molecular weight is 421 g/mol. The Hall–Kier alpha value is -2.74. The van der Waals surface area contributed by atoms with E-state index >= 15 is 0 Å². The van der Waals surface area contributed by atoms with Crippen molar-refractivity contribution in [3.63, 3.8) is 0 Å². The van der Waals surface area contributed by atoms with Gasteiger partial charge in [0.2, 0.25) is 5.91 Å². The van der Waals surface area contributed by atoms with Crippen molar-refractivity contribution in [2.75, 3.05) is 23.5 Å². The molecule has 0 saturated heterocycles. The van der Waals surface area contributed by atoms with Gasteiger partial charge >= 0.3 is 6.09 Å². The lowest BCUT2D eigenvalue weighted by Crippen LogP contribution is -2.27. The molecule has 6 nitrogen and oxygen atoms in total. The fraction of sp³-hybridized carbons (Fsp3) is 0.333. The predicted octanol–water partition coefficient (Wildman–Crippen LogP) is 5.30. The second-order valence-electron chi connectivity index (χ2n) is 7.14. The summed E-state index contributed by atoms with van der Waals surface area (Å²) in [5.41, 5.74) is -0.237. The van der Waals surface area contributed by atoms with Crippen molar-refractivity contribution in [2.24, 2.45) is 0 Å². The molecule has 156 valence electrons. The molecule has 0 bridgehead atoms. The van der Waals surface area contributed by atoms with Crippen LogP contribution < -0.4 is 15.4 Å². The Morgan fingerprint density at radius 1 is 1.03 bits per heavy atom. The van der Waals surface area contributed by atoms with Crippen LogP contribution in [-0.2, 0) is 9.53 Å². The minimum Gasteiger partial charge on any atom is -0.497 e. The molecule has 0 aromatic heterocycles. The smallest absolute Gasteiger partial charge is 0.412 e. The van der Waals surface area contributed by atoms with Crippen molar-refractivity contribution in [1.29, 1.82) is 0 Å². The number of carbonyl (C=O) groups excluding carboxylic acids is 2. The molecule has 2 N–H and O–H groups in total. The number of rotatable bonds is 7. The van der Waals surface area contributed by atoms with E-state index in [1.165, 1.54) is 23.9 Å². The second kappa shape index (κ2) is 10.2. The molecule has 0 fully saturated rings. The van der Waals surface area contributed by atoms with Crippen LogP contribution in [0.4, 0.5) is 20.6 Å². The molecule has 8 heteroatoms. The lowest BCUT2D eigenvalue weighted by atomic mass is 10.2. The number of ether oxygens (including phenoxy) is 2. The predicted molar refractivity (Wildman–Crippen MR) is 113 cm³/mol. The van der Waals surface area contributed by atoms with E-state index in [-0.39, 0.29) is 23.7 Å². The molecular formula is C21H25FN2O4S. The molecule has 29 heavy (non-hydrogen) atoms. The Balaban J connectivity index is 1.92. The number of amides is 2. The molecule has 0 radical (unpaired) electrons. The molecule has 0 saturated carbocycles. The lowest BCUT2D eigenvalue weighted by molar-refractivity contribution is -0.115. The number of hydrogen-bond donors (Lipinski definition) is 2. The van der Waals surface area contributed by atoms with Crippen molar-refractivity contribution in [3.8, 4) is 5.75 Å². The van der Waals surface area contributed by atoms with Crippen LogP contribution in [0.25, 0.3) is 0 Å². The maximum Gasteiger partial charge on any atom is 0.412 e. The SMILES string of the molecule is COc1ccc(SCCC(=O)Nc2cc(F)ccc2NC(=O)OC(C)(C)C)cc1. The summed E-state index contributed by atoms with van der Waals surface area (Å²) in [5.74, 6) is 0.497. The molecule has 2 rings (SSSR count). The molecule has 2 aromatic carbocycles. The molecule has 0 aliphatic carbocycles. The summed E-state index contributed by atoms with van der Waals surface area (Å²) in [4.78, 5) is 25.3.